The number of halogens is 3. The van der Waals surface area contributed by atoms with E-state index < -0.39 is 36.3 Å². The van der Waals surface area contributed by atoms with E-state index in [9.17, 15) is 22.8 Å². The Labute approximate surface area is 103 Å². The van der Waals surface area contributed by atoms with Crippen LogP contribution in [0.5, 0.6) is 0 Å². The highest BCUT2D eigenvalue weighted by atomic mass is 19.4. The first kappa shape index (κ1) is 14.8. The minimum Gasteiger partial charge on any atom is -0.469 e. The normalized spacial score (nSPS) is 24.2. The van der Waals surface area contributed by atoms with Crippen LogP contribution < -0.4 is 0 Å². The number of hydrogen-bond acceptors (Lipinski definition) is 3. The van der Waals surface area contributed by atoms with Crippen LogP contribution in [0.3, 0.4) is 0 Å². The van der Waals surface area contributed by atoms with Gasteiger partial charge in [0.1, 0.15) is 0 Å². The van der Waals surface area contributed by atoms with Gasteiger partial charge in [-0.15, -0.1) is 0 Å². The van der Waals surface area contributed by atoms with Gasteiger partial charge in [-0.3, -0.25) is 9.59 Å². The minimum absolute atomic E-state index is 0.121. The van der Waals surface area contributed by atoms with Gasteiger partial charge in [-0.25, -0.2) is 0 Å². The van der Waals surface area contributed by atoms with Crippen LogP contribution in [0.4, 0.5) is 13.2 Å². The summed E-state index contributed by atoms with van der Waals surface area (Å²) in [6, 6.07) is 0. The first-order chi connectivity index (χ1) is 8.18. The van der Waals surface area contributed by atoms with Crippen LogP contribution in [0, 0.1) is 5.41 Å². The van der Waals surface area contributed by atoms with Gasteiger partial charge in [-0.05, 0) is 13.3 Å². The second-order valence-electron chi connectivity index (χ2n) is 4.73. The van der Waals surface area contributed by atoms with E-state index >= 15 is 0 Å². The number of alkyl halides is 3. The molecule has 7 heteroatoms. The Morgan fingerprint density at radius 2 is 2.00 bits per heavy atom. The predicted octanol–water partition coefficient (Wildman–Crippen LogP) is 1.74. The van der Waals surface area contributed by atoms with Crippen LogP contribution in [0.25, 0.3) is 0 Å². The SMILES string of the molecule is COC(=O)[C@@]1(C)CCN(C(=O)CCC(F)(F)F)C1. The molecule has 1 amide bonds. The van der Waals surface area contributed by atoms with Gasteiger partial charge in [0.2, 0.25) is 5.91 Å². The lowest BCUT2D eigenvalue weighted by molar-refractivity contribution is -0.153. The van der Waals surface area contributed by atoms with Gasteiger partial charge in [0.25, 0.3) is 0 Å². The monoisotopic (exact) mass is 267 g/mol. The standard InChI is InChI=1S/C11H16F3NO3/c1-10(9(17)18-2)5-6-15(7-10)8(16)3-4-11(12,13)14/h3-7H2,1-2H3/t10-/m0/s1. The number of nitrogens with zero attached hydrogens (tertiary/aromatic N) is 1. The van der Waals surface area contributed by atoms with Crippen LogP contribution in [-0.4, -0.2) is 43.2 Å². The zero-order valence-corrected chi connectivity index (χ0v) is 10.3. The summed E-state index contributed by atoms with van der Waals surface area (Å²) in [5.41, 5.74) is -0.803. The molecule has 0 aromatic heterocycles. The molecule has 0 spiro atoms. The fourth-order valence-corrected chi connectivity index (χ4v) is 1.99. The smallest absolute Gasteiger partial charge is 0.389 e. The fourth-order valence-electron chi connectivity index (χ4n) is 1.99. The Kier molecular flexibility index (Phi) is 4.24. The molecule has 4 nitrogen and oxygen atoms in total. The molecule has 0 aliphatic carbocycles. The van der Waals surface area contributed by atoms with Crippen LogP contribution in [0.2, 0.25) is 0 Å². The summed E-state index contributed by atoms with van der Waals surface area (Å²) >= 11 is 0. The summed E-state index contributed by atoms with van der Waals surface area (Å²) in [4.78, 5) is 24.3. The first-order valence-corrected chi connectivity index (χ1v) is 5.61. The number of ether oxygens (including phenoxy) is 1. The lowest BCUT2D eigenvalue weighted by atomic mass is 9.90. The van der Waals surface area contributed by atoms with E-state index in [4.69, 9.17) is 0 Å². The highest BCUT2D eigenvalue weighted by Crippen LogP contribution is 2.32. The zero-order chi connectivity index (χ0) is 14.0. The summed E-state index contributed by atoms with van der Waals surface area (Å²) in [6.45, 7) is 2.06. The van der Waals surface area contributed by atoms with Crippen molar-refractivity contribution in [1.29, 1.82) is 0 Å². The molecule has 0 bridgehead atoms. The molecule has 1 fully saturated rings. The number of methoxy groups -OCH3 is 1. The second kappa shape index (κ2) is 5.16. The van der Waals surface area contributed by atoms with Crippen molar-refractivity contribution in [3.05, 3.63) is 0 Å². The van der Waals surface area contributed by atoms with Gasteiger partial charge in [0, 0.05) is 19.5 Å². The van der Waals surface area contributed by atoms with E-state index in [0.29, 0.717) is 13.0 Å². The molecular weight excluding hydrogens is 251 g/mol. The molecule has 0 aromatic carbocycles. The molecule has 1 rings (SSSR count). The Morgan fingerprint density at radius 1 is 1.39 bits per heavy atom. The van der Waals surface area contributed by atoms with Crippen molar-refractivity contribution in [2.75, 3.05) is 20.2 Å². The summed E-state index contributed by atoms with van der Waals surface area (Å²) in [6.07, 6.45) is -5.61. The van der Waals surface area contributed by atoms with Crippen molar-refractivity contribution in [3.8, 4) is 0 Å². The Morgan fingerprint density at radius 3 is 2.50 bits per heavy atom. The summed E-state index contributed by atoms with van der Waals surface area (Å²) in [5.74, 6) is -1.01. The Bertz CT molecular complexity index is 343. The second-order valence-corrected chi connectivity index (χ2v) is 4.73. The summed E-state index contributed by atoms with van der Waals surface area (Å²) in [5, 5.41) is 0. The number of carbonyl (C=O) groups excluding carboxylic acids is 2. The first-order valence-electron chi connectivity index (χ1n) is 5.61. The number of esters is 1. The van der Waals surface area contributed by atoms with Crippen molar-refractivity contribution in [2.45, 2.75) is 32.4 Å². The van der Waals surface area contributed by atoms with E-state index in [1.165, 1.54) is 12.0 Å². The van der Waals surface area contributed by atoms with Crippen molar-refractivity contribution < 1.29 is 27.5 Å². The number of likely N-dealkylation sites (tertiary alicyclic amines) is 1. The quantitative estimate of drug-likeness (QED) is 0.732. The Hall–Kier alpha value is -1.27. The lowest BCUT2D eigenvalue weighted by Crippen LogP contribution is -2.35. The number of amides is 1. The van der Waals surface area contributed by atoms with Crippen LogP contribution in [0.15, 0.2) is 0 Å². The predicted molar refractivity (Wildman–Crippen MR) is 56.6 cm³/mol. The molecule has 1 aliphatic heterocycles. The minimum atomic E-state index is -4.33. The van der Waals surface area contributed by atoms with E-state index in [1.807, 2.05) is 0 Å². The van der Waals surface area contributed by atoms with E-state index in [1.54, 1.807) is 6.92 Å². The molecule has 1 heterocycles. The zero-order valence-electron chi connectivity index (χ0n) is 10.3. The Balaban J connectivity index is 2.51. The third-order valence-electron chi connectivity index (χ3n) is 3.13. The molecule has 1 saturated heterocycles. The molecular formula is C11H16F3NO3. The van der Waals surface area contributed by atoms with E-state index in [-0.39, 0.29) is 6.54 Å². The van der Waals surface area contributed by atoms with Gasteiger partial charge in [-0.2, -0.15) is 13.2 Å². The molecule has 1 aliphatic rings. The third kappa shape index (κ3) is 3.61. The van der Waals surface area contributed by atoms with Crippen LogP contribution in [0.1, 0.15) is 26.2 Å². The topological polar surface area (TPSA) is 46.6 Å². The average Bonchev–Trinajstić information content (AvgIpc) is 2.68. The van der Waals surface area contributed by atoms with E-state index in [2.05, 4.69) is 4.74 Å². The molecule has 18 heavy (non-hydrogen) atoms. The number of carbonyl (C=O) groups is 2. The maximum absolute atomic E-state index is 12.0. The molecule has 0 saturated carbocycles. The average molecular weight is 267 g/mol. The van der Waals surface area contributed by atoms with Crippen molar-refractivity contribution in [3.63, 3.8) is 0 Å². The highest BCUT2D eigenvalue weighted by molar-refractivity contribution is 5.81. The third-order valence-corrected chi connectivity index (χ3v) is 3.13. The largest absolute Gasteiger partial charge is 0.469 e. The number of rotatable bonds is 3. The molecule has 0 radical (unpaired) electrons. The van der Waals surface area contributed by atoms with Gasteiger partial charge in [0.05, 0.1) is 18.9 Å². The maximum Gasteiger partial charge on any atom is 0.389 e. The summed E-state index contributed by atoms with van der Waals surface area (Å²) in [7, 11) is 1.25. The van der Waals surface area contributed by atoms with Crippen molar-refractivity contribution in [1.82, 2.24) is 4.90 Å². The molecule has 0 N–H and O–H groups in total. The van der Waals surface area contributed by atoms with E-state index in [0.717, 1.165) is 0 Å². The highest BCUT2D eigenvalue weighted by Gasteiger charge is 2.43. The van der Waals surface area contributed by atoms with Gasteiger partial charge in [0.15, 0.2) is 0 Å². The number of hydrogen-bond donors (Lipinski definition) is 0. The summed E-state index contributed by atoms with van der Waals surface area (Å²) < 4.78 is 40.6. The lowest BCUT2D eigenvalue weighted by Gasteiger charge is -2.22. The molecule has 0 unspecified atom stereocenters. The van der Waals surface area contributed by atoms with Crippen molar-refractivity contribution in [2.24, 2.45) is 5.41 Å². The van der Waals surface area contributed by atoms with Crippen LogP contribution >= 0.6 is 0 Å². The fraction of sp³-hybridized carbons (Fsp3) is 0.818. The molecule has 1 atom stereocenters. The van der Waals surface area contributed by atoms with Crippen LogP contribution in [-0.2, 0) is 14.3 Å². The maximum atomic E-state index is 12.0. The molecule has 0 aromatic rings. The van der Waals surface area contributed by atoms with Gasteiger partial charge in [-0.1, -0.05) is 0 Å². The van der Waals surface area contributed by atoms with Crippen molar-refractivity contribution >= 4 is 11.9 Å². The van der Waals surface area contributed by atoms with Gasteiger partial charge >= 0.3 is 12.1 Å². The molecule has 104 valence electrons. The van der Waals surface area contributed by atoms with Gasteiger partial charge < -0.3 is 9.64 Å².